The molecular weight excluding hydrogens is 517 g/mol. The Morgan fingerprint density at radius 1 is 0.974 bits per heavy atom. The summed E-state index contributed by atoms with van der Waals surface area (Å²) in [4.78, 5) is 9.08. The molecule has 2 aliphatic rings. The van der Waals surface area contributed by atoms with Crippen LogP contribution >= 0.6 is 23.8 Å². The Bertz CT molecular complexity index is 1450. The van der Waals surface area contributed by atoms with Gasteiger partial charge in [0.15, 0.2) is 5.11 Å². The van der Waals surface area contributed by atoms with Crippen LogP contribution in [-0.2, 0) is 0 Å². The number of halogens is 2. The van der Waals surface area contributed by atoms with Crippen LogP contribution < -0.4 is 15.1 Å². The first-order chi connectivity index (χ1) is 18.5. The Hall–Kier alpha value is -3.42. The van der Waals surface area contributed by atoms with E-state index in [9.17, 15) is 4.39 Å². The van der Waals surface area contributed by atoms with Crippen molar-refractivity contribution in [2.75, 3.05) is 22.9 Å². The van der Waals surface area contributed by atoms with Gasteiger partial charge in [-0.1, -0.05) is 36.7 Å². The molecule has 4 heterocycles. The highest BCUT2D eigenvalue weighted by Gasteiger charge is 2.42. The van der Waals surface area contributed by atoms with Crippen molar-refractivity contribution in [3.63, 3.8) is 0 Å². The van der Waals surface area contributed by atoms with Gasteiger partial charge in [-0.05, 0) is 85.6 Å². The second kappa shape index (κ2) is 10.4. The fourth-order valence-electron chi connectivity index (χ4n) is 5.59. The number of nitrogens with zero attached hydrogens (tertiary/aromatic N) is 4. The SMILES string of the molecule is CC1CCN(c2ccc(N3C(=S)N[C@@H](c4ccccn4)[C@@H]3c3cccn3-c3ccccc3F)cc2Cl)CC1. The van der Waals surface area contributed by atoms with Crippen LogP contribution in [0.25, 0.3) is 5.69 Å². The van der Waals surface area contributed by atoms with Crippen LogP contribution in [0, 0.1) is 11.7 Å². The van der Waals surface area contributed by atoms with Crippen LogP contribution in [0.5, 0.6) is 0 Å². The molecule has 0 spiro atoms. The van der Waals surface area contributed by atoms with Crippen molar-refractivity contribution in [2.24, 2.45) is 5.92 Å². The lowest BCUT2D eigenvalue weighted by Crippen LogP contribution is -2.33. The second-order valence-electron chi connectivity index (χ2n) is 10.1. The summed E-state index contributed by atoms with van der Waals surface area (Å²) in [6.07, 6.45) is 6.00. The van der Waals surface area contributed by atoms with Gasteiger partial charge in [0.1, 0.15) is 11.9 Å². The molecule has 194 valence electrons. The number of anilines is 2. The van der Waals surface area contributed by atoms with Gasteiger partial charge in [-0.2, -0.15) is 0 Å². The number of aromatic nitrogens is 2. The van der Waals surface area contributed by atoms with Gasteiger partial charge in [-0.15, -0.1) is 0 Å². The monoisotopic (exact) mass is 545 g/mol. The number of rotatable bonds is 5. The molecule has 38 heavy (non-hydrogen) atoms. The van der Waals surface area contributed by atoms with Crippen LogP contribution in [0.2, 0.25) is 5.02 Å². The molecule has 2 atom stereocenters. The van der Waals surface area contributed by atoms with Crippen LogP contribution in [0.1, 0.15) is 43.2 Å². The number of piperidine rings is 1. The van der Waals surface area contributed by atoms with Gasteiger partial charge >= 0.3 is 0 Å². The molecular formula is C30H29ClFN5S. The van der Waals surface area contributed by atoms with Crippen molar-refractivity contribution in [2.45, 2.75) is 31.8 Å². The number of nitrogens with one attached hydrogen (secondary N) is 1. The predicted octanol–water partition coefficient (Wildman–Crippen LogP) is 7.08. The molecule has 4 aromatic rings. The average molecular weight is 546 g/mol. The predicted molar refractivity (Wildman–Crippen MR) is 156 cm³/mol. The Balaban J connectivity index is 1.43. The second-order valence-corrected chi connectivity index (χ2v) is 10.9. The zero-order valence-electron chi connectivity index (χ0n) is 21.1. The minimum Gasteiger partial charge on any atom is -0.370 e. The first kappa shape index (κ1) is 24.9. The van der Waals surface area contributed by atoms with E-state index in [1.165, 1.54) is 18.9 Å². The zero-order chi connectivity index (χ0) is 26.2. The summed E-state index contributed by atoms with van der Waals surface area (Å²) in [6.45, 7) is 4.31. The highest BCUT2D eigenvalue weighted by molar-refractivity contribution is 7.80. The summed E-state index contributed by atoms with van der Waals surface area (Å²) < 4.78 is 16.8. The van der Waals surface area contributed by atoms with Crippen LogP contribution in [0.15, 0.2) is 85.2 Å². The van der Waals surface area contributed by atoms with E-state index in [0.717, 1.165) is 41.8 Å². The third kappa shape index (κ3) is 4.54. The minimum absolute atomic E-state index is 0.244. The van der Waals surface area contributed by atoms with Crippen LogP contribution in [0.4, 0.5) is 15.8 Å². The normalized spacial score (nSPS) is 20.1. The van der Waals surface area contributed by atoms with E-state index >= 15 is 0 Å². The van der Waals surface area contributed by atoms with Crippen molar-refractivity contribution < 1.29 is 4.39 Å². The molecule has 2 fully saturated rings. The van der Waals surface area contributed by atoms with E-state index < -0.39 is 0 Å². The highest BCUT2D eigenvalue weighted by atomic mass is 35.5. The maximum absolute atomic E-state index is 14.9. The number of hydrogen-bond acceptors (Lipinski definition) is 3. The first-order valence-electron chi connectivity index (χ1n) is 13.0. The van der Waals surface area contributed by atoms with Crippen molar-refractivity contribution in [3.8, 4) is 5.69 Å². The third-order valence-electron chi connectivity index (χ3n) is 7.63. The van der Waals surface area contributed by atoms with Crippen LogP contribution in [0.3, 0.4) is 0 Å². The smallest absolute Gasteiger partial charge is 0.174 e. The largest absolute Gasteiger partial charge is 0.370 e. The molecule has 2 saturated heterocycles. The summed E-state index contributed by atoms with van der Waals surface area (Å²) in [5.41, 5.74) is 4.16. The molecule has 8 heteroatoms. The standard InChI is InChI=1S/C30H29ClFN5S/c1-20-13-17-35(18-14-20)25-12-11-21(19-22(25)31)37-29(28(34-30(37)38)24-8-4-5-15-33-24)27-10-6-16-36(27)26-9-3-2-7-23(26)32/h2-12,15-16,19-20,28-29H,13-14,17-18H2,1H3,(H,34,38)/t28-,29-/m0/s1. The van der Waals surface area contributed by atoms with E-state index in [4.69, 9.17) is 23.8 Å². The number of pyridine rings is 1. The number of benzene rings is 2. The van der Waals surface area contributed by atoms with Crippen molar-refractivity contribution >= 4 is 40.3 Å². The molecule has 0 bridgehead atoms. The van der Waals surface area contributed by atoms with Gasteiger partial charge < -0.3 is 19.7 Å². The lowest BCUT2D eigenvalue weighted by Gasteiger charge is -2.33. The molecule has 6 rings (SSSR count). The van der Waals surface area contributed by atoms with E-state index in [0.29, 0.717) is 15.8 Å². The quantitative estimate of drug-likeness (QED) is 0.271. The highest BCUT2D eigenvalue weighted by Crippen LogP contribution is 2.44. The lowest BCUT2D eigenvalue weighted by molar-refractivity contribution is 0.438. The Labute approximate surface area is 232 Å². The Morgan fingerprint density at radius 3 is 2.50 bits per heavy atom. The van der Waals surface area contributed by atoms with Crippen molar-refractivity contribution in [1.82, 2.24) is 14.9 Å². The molecule has 2 aliphatic heterocycles. The van der Waals surface area contributed by atoms with Gasteiger partial charge in [-0.3, -0.25) is 4.98 Å². The first-order valence-corrected chi connectivity index (χ1v) is 13.8. The Kier molecular flexibility index (Phi) is 6.80. The molecule has 0 aliphatic carbocycles. The fourth-order valence-corrected chi connectivity index (χ4v) is 6.23. The molecule has 1 N–H and O–H groups in total. The molecule has 0 saturated carbocycles. The van der Waals surface area contributed by atoms with Gasteiger partial charge in [0, 0.05) is 36.9 Å². The summed E-state index contributed by atoms with van der Waals surface area (Å²) in [7, 11) is 0. The number of thiocarbonyl (C=S) groups is 1. The van der Waals surface area contributed by atoms with Crippen molar-refractivity contribution in [1.29, 1.82) is 0 Å². The molecule has 2 aromatic carbocycles. The summed E-state index contributed by atoms with van der Waals surface area (Å²) in [5.74, 6) is 0.454. The summed E-state index contributed by atoms with van der Waals surface area (Å²) in [6, 6.07) is 22.2. The zero-order valence-corrected chi connectivity index (χ0v) is 22.7. The maximum atomic E-state index is 14.9. The summed E-state index contributed by atoms with van der Waals surface area (Å²) >= 11 is 12.8. The lowest BCUT2D eigenvalue weighted by atomic mass is 9.98. The molecule has 2 aromatic heterocycles. The molecule has 5 nitrogen and oxygen atoms in total. The minimum atomic E-state index is -0.289. The van der Waals surface area contributed by atoms with Gasteiger partial charge in [0.25, 0.3) is 0 Å². The van der Waals surface area contributed by atoms with Crippen LogP contribution in [-0.4, -0.2) is 27.8 Å². The maximum Gasteiger partial charge on any atom is 0.174 e. The number of para-hydroxylation sites is 1. The van der Waals surface area contributed by atoms with E-state index in [1.807, 2.05) is 53.2 Å². The molecule has 0 amide bonds. The van der Waals surface area contributed by atoms with Gasteiger partial charge in [0.2, 0.25) is 0 Å². The third-order valence-corrected chi connectivity index (χ3v) is 8.24. The van der Waals surface area contributed by atoms with Crippen molar-refractivity contribution in [3.05, 3.63) is 107 Å². The number of hydrogen-bond donors (Lipinski definition) is 1. The summed E-state index contributed by atoms with van der Waals surface area (Å²) in [5, 5.41) is 4.76. The van der Waals surface area contributed by atoms with E-state index in [2.05, 4.69) is 39.2 Å². The van der Waals surface area contributed by atoms with E-state index in [-0.39, 0.29) is 17.9 Å². The van der Waals surface area contributed by atoms with Gasteiger partial charge in [-0.25, -0.2) is 4.39 Å². The average Bonchev–Trinajstić information content (AvgIpc) is 3.54. The van der Waals surface area contributed by atoms with Gasteiger partial charge in [0.05, 0.1) is 28.1 Å². The van der Waals surface area contributed by atoms with E-state index in [1.54, 1.807) is 18.3 Å². The topological polar surface area (TPSA) is 36.3 Å². The Morgan fingerprint density at radius 2 is 1.76 bits per heavy atom. The fraction of sp³-hybridized carbons (Fsp3) is 0.267. The molecule has 0 radical (unpaired) electrons. The molecule has 0 unspecified atom stereocenters.